The van der Waals surface area contributed by atoms with E-state index in [2.05, 4.69) is 34.8 Å². The lowest BCUT2D eigenvalue weighted by Gasteiger charge is -2.10. The van der Waals surface area contributed by atoms with Crippen molar-refractivity contribution >= 4 is 15.9 Å². The molecule has 0 bridgehead atoms. The molecule has 0 atom stereocenters. The molecule has 0 aliphatic heterocycles. The first-order chi connectivity index (χ1) is 13.0. The average molecular weight is 432 g/mol. The number of oxazole rings is 1. The van der Waals surface area contributed by atoms with Gasteiger partial charge in [-0.2, -0.15) is 0 Å². The molecule has 0 saturated heterocycles. The van der Waals surface area contributed by atoms with Gasteiger partial charge in [0.05, 0.1) is 20.8 Å². The van der Waals surface area contributed by atoms with Crippen molar-refractivity contribution in [2.45, 2.75) is 26.4 Å². The molecule has 142 valence electrons. The molecule has 0 unspecified atom stereocenters. The zero-order valence-corrected chi connectivity index (χ0v) is 17.3. The molecular weight excluding hydrogens is 410 g/mol. The summed E-state index contributed by atoms with van der Waals surface area (Å²) in [6.07, 6.45) is 1.59. The van der Waals surface area contributed by atoms with Gasteiger partial charge in [0.2, 0.25) is 5.89 Å². The number of halogens is 1. The van der Waals surface area contributed by atoms with E-state index in [4.69, 9.17) is 13.9 Å². The fourth-order valence-electron chi connectivity index (χ4n) is 2.86. The zero-order valence-electron chi connectivity index (χ0n) is 15.7. The van der Waals surface area contributed by atoms with Crippen LogP contribution in [0.25, 0.3) is 22.7 Å². The quantitative estimate of drug-likeness (QED) is 0.565. The maximum Gasteiger partial charge on any atom is 0.226 e. The Morgan fingerprint density at radius 3 is 2.33 bits per heavy atom. The molecule has 1 heterocycles. The van der Waals surface area contributed by atoms with Gasteiger partial charge in [-0.3, -0.25) is 0 Å². The first-order valence-electron chi connectivity index (χ1n) is 8.60. The lowest BCUT2D eigenvalue weighted by atomic mass is 9.97. The second-order valence-corrected chi connectivity index (χ2v) is 7.26. The van der Waals surface area contributed by atoms with Crippen LogP contribution in [0.4, 0.5) is 0 Å². The molecule has 3 rings (SSSR count). The summed E-state index contributed by atoms with van der Waals surface area (Å²) < 4.78 is 17.2. The fourth-order valence-corrected chi connectivity index (χ4v) is 3.41. The van der Waals surface area contributed by atoms with Gasteiger partial charge in [-0.25, -0.2) is 4.98 Å². The SMILES string of the molecule is COc1cc(-c2coc(-c3ccc(C(C)C)cc3CO)n2)cc(OC)c1Br. The Bertz CT molecular complexity index is 924. The average Bonchev–Trinajstić information content (AvgIpc) is 3.17. The Morgan fingerprint density at radius 1 is 1.11 bits per heavy atom. The molecule has 0 fully saturated rings. The van der Waals surface area contributed by atoms with Crippen LogP contribution in [0.2, 0.25) is 0 Å². The van der Waals surface area contributed by atoms with Crippen molar-refractivity contribution in [3.63, 3.8) is 0 Å². The predicted octanol–water partition coefficient (Wildman–Crippen LogP) is 5.40. The van der Waals surface area contributed by atoms with Crippen molar-refractivity contribution in [3.8, 4) is 34.2 Å². The van der Waals surface area contributed by atoms with E-state index in [1.165, 1.54) is 0 Å². The minimum absolute atomic E-state index is 0.0759. The van der Waals surface area contributed by atoms with Gasteiger partial charge >= 0.3 is 0 Å². The summed E-state index contributed by atoms with van der Waals surface area (Å²) in [4.78, 5) is 4.61. The normalized spacial score (nSPS) is 11.1. The smallest absolute Gasteiger partial charge is 0.226 e. The third kappa shape index (κ3) is 3.87. The van der Waals surface area contributed by atoms with E-state index < -0.39 is 0 Å². The van der Waals surface area contributed by atoms with Gasteiger partial charge in [0, 0.05) is 11.1 Å². The van der Waals surface area contributed by atoms with Crippen molar-refractivity contribution in [1.82, 2.24) is 4.98 Å². The molecule has 27 heavy (non-hydrogen) atoms. The number of aliphatic hydroxyl groups excluding tert-OH is 1. The van der Waals surface area contributed by atoms with Crippen LogP contribution < -0.4 is 9.47 Å². The van der Waals surface area contributed by atoms with E-state index >= 15 is 0 Å². The van der Waals surface area contributed by atoms with E-state index in [9.17, 15) is 5.11 Å². The van der Waals surface area contributed by atoms with Crippen molar-refractivity contribution in [2.75, 3.05) is 14.2 Å². The van der Waals surface area contributed by atoms with E-state index in [0.717, 1.165) is 26.7 Å². The van der Waals surface area contributed by atoms with Crippen molar-refractivity contribution < 1.29 is 19.0 Å². The maximum atomic E-state index is 9.77. The van der Waals surface area contributed by atoms with Gasteiger partial charge in [-0.05, 0) is 51.2 Å². The van der Waals surface area contributed by atoms with Crippen LogP contribution in [0.5, 0.6) is 11.5 Å². The number of aromatic nitrogens is 1. The third-order valence-corrected chi connectivity index (χ3v) is 5.22. The molecule has 0 amide bonds. The number of benzene rings is 2. The number of methoxy groups -OCH3 is 2. The van der Waals surface area contributed by atoms with Crippen molar-refractivity contribution in [1.29, 1.82) is 0 Å². The summed E-state index contributed by atoms with van der Waals surface area (Å²) in [6.45, 7) is 4.16. The fraction of sp³-hybridized carbons (Fsp3) is 0.286. The van der Waals surface area contributed by atoms with E-state index in [0.29, 0.717) is 29.0 Å². The van der Waals surface area contributed by atoms with Gasteiger partial charge in [0.25, 0.3) is 0 Å². The number of aliphatic hydroxyl groups is 1. The minimum Gasteiger partial charge on any atom is -0.495 e. The molecule has 1 aromatic heterocycles. The summed E-state index contributed by atoms with van der Waals surface area (Å²) in [5.41, 5.74) is 4.21. The van der Waals surface area contributed by atoms with Gasteiger partial charge < -0.3 is 19.0 Å². The molecule has 0 saturated carbocycles. The summed E-state index contributed by atoms with van der Waals surface area (Å²) in [6, 6.07) is 9.70. The van der Waals surface area contributed by atoms with Gasteiger partial charge in [0.15, 0.2) is 0 Å². The highest BCUT2D eigenvalue weighted by Gasteiger charge is 2.16. The standard InChI is InChI=1S/C21H22BrNO4/c1-12(2)13-5-6-16(15(7-13)10-24)21-23-17(11-27-21)14-8-18(25-3)20(22)19(9-14)26-4/h5-9,11-12,24H,10H2,1-4H3. The molecule has 2 aromatic carbocycles. The lowest BCUT2D eigenvalue weighted by Crippen LogP contribution is -1.95. The number of rotatable bonds is 6. The van der Waals surface area contributed by atoms with Crippen LogP contribution in [0.15, 0.2) is 45.5 Å². The molecule has 5 nitrogen and oxygen atoms in total. The molecule has 6 heteroatoms. The summed E-state index contributed by atoms with van der Waals surface area (Å²) in [5, 5.41) is 9.77. The number of hydrogen-bond acceptors (Lipinski definition) is 5. The molecule has 0 radical (unpaired) electrons. The Kier molecular flexibility index (Phi) is 5.87. The number of ether oxygens (including phenoxy) is 2. The summed E-state index contributed by atoms with van der Waals surface area (Å²) in [7, 11) is 3.20. The minimum atomic E-state index is -0.0759. The van der Waals surface area contributed by atoms with Crippen LogP contribution in [0, 0.1) is 0 Å². The Hall–Kier alpha value is -2.31. The molecule has 0 aliphatic rings. The van der Waals surface area contributed by atoms with E-state index in [-0.39, 0.29) is 6.61 Å². The molecule has 3 aromatic rings. The second kappa shape index (κ2) is 8.15. The number of nitrogens with zero attached hydrogens (tertiary/aromatic N) is 1. The van der Waals surface area contributed by atoms with Gasteiger partial charge in [-0.1, -0.05) is 26.0 Å². The summed E-state index contributed by atoms with van der Waals surface area (Å²) >= 11 is 3.47. The van der Waals surface area contributed by atoms with Crippen LogP contribution in [-0.2, 0) is 6.61 Å². The molecule has 0 spiro atoms. The van der Waals surface area contributed by atoms with Crippen LogP contribution in [0.3, 0.4) is 0 Å². The lowest BCUT2D eigenvalue weighted by molar-refractivity contribution is 0.282. The van der Waals surface area contributed by atoms with Gasteiger partial charge in [0.1, 0.15) is 27.9 Å². The van der Waals surface area contributed by atoms with E-state index in [1.807, 2.05) is 30.3 Å². The van der Waals surface area contributed by atoms with Gasteiger partial charge in [-0.15, -0.1) is 0 Å². The topological polar surface area (TPSA) is 64.7 Å². The number of hydrogen-bond donors (Lipinski definition) is 1. The van der Waals surface area contributed by atoms with Crippen LogP contribution in [-0.4, -0.2) is 24.3 Å². The molecular formula is C21H22BrNO4. The second-order valence-electron chi connectivity index (χ2n) is 6.46. The molecule has 0 aliphatic carbocycles. The maximum absolute atomic E-state index is 9.77. The summed E-state index contributed by atoms with van der Waals surface area (Å²) in [5.74, 6) is 2.13. The van der Waals surface area contributed by atoms with Crippen molar-refractivity contribution in [3.05, 3.63) is 52.2 Å². The monoisotopic (exact) mass is 431 g/mol. The molecule has 1 N–H and O–H groups in total. The predicted molar refractivity (Wildman–Crippen MR) is 108 cm³/mol. The first kappa shape index (κ1) is 19.5. The largest absolute Gasteiger partial charge is 0.495 e. The highest BCUT2D eigenvalue weighted by molar-refractivity contribution is 9.10. The van der Waals surface area contributed by atoms with Crippen LogP contribution in [0.1, 0.15) is 30.9 Å². The first-order valence-corrected chi connectivity index (χ1v) is 9.39. The Labute approximate surface area is 167 Å². The Balaban J connectivity index is 2.03. The van der Waals surface area contributed by atoms with Crippen molar-refractivity contribution in [2.24, 2.45) is 0 Å². The zero-order chi connectivity index (χ0) is 19.6. The van der Waals surface area contributed by atoms with E-state index in [1.54, 1.807) is 20.5 Å². The third-order valence-electron chi connectivity index (χ3n) is 4.44. The highest BCUT2D eigenvalue weighted by atomic mass is 79.9. The Morgan fingerprint density at radius 2 is 1.78 bits per heavy atom. The highest BCUT2D eigenvalue weighted by Crippen LogP contribution is 2.39. The van der Waals surface area contributed by atoms with Crippen LogP contribution >= 0.6 is 15.9 Å².